The van der Waals surface area contributed by atoms with Crippen molar-refractivity contribution in [3.05, 3.63) is 12.2 Å². The third kappa shape index (κ3) is 3.91. The fraction of sp³-hybridized carbons (Fsp3) is 0.600. The number of carbonyl (C=O) groups excluding carboxylic acids is 2. The van der Waals surface area contributed by atoms with E-state index >= 15 is 0 Å². The molecule has 1 aliphatic heterocycles. The first-order valence-corrected chi connectivity index (χ1v) is 5.22. The second-order valence-corrected chi connectivity index (χ2v) is 3.83. The molecule has 1 amide bonds. The molecule has 4 nitrogen and oxygen atoms in total. The fourth-order valence-corrected chi connectivity index (χ4v) is 1.69. The smallest absolute Gasteiger partial charge is 0.409 e. The molecule has 0 aromatic carbocycles. The topological polar surface area (TPSA) is 46.6 Å². The zero-order valence-corrected chi connectivity index (χ0v) is 9.37. The molecular weight excluding hydrogens is 218 g/mol. The van der Waals surface area contributed by atoms with Gasteiger partial charge in [-0.25, -0.2) is 4.79 Å². The van der Waals surface area contributed by atoms with Crippen LogP contribution in [0.3, 0.4) is 0 Å². The van der Waals surface area contributed by atoms with E-state index in [1.807, 2.05) is 6.08 Å². The van der Waals surface area contributed by atoms with E-state index in [0.717, 1.165) is 12.8 Å². The molecule has 15 heavy (non-hydrogen) atoms. The highest BCUT2D eigenvalue weighted by Gasteiger charge is 2.21. The second-order valence-electron chi connectivity index (χ2n) is 3.46. The fourth-order valence-electron chi connectivity index (χ4n) is 1.62. The van der Waals surface area contributed by atoms with E-state index in [0.29, 0.717) is 19.0 Å². The molecule has 0 aromatic rings. The lowest BCUT2D eigenvalue weighted by atomic mass is 9.97. The molecule has 0 saturated carbocycles. The first kappa shape index (κ1) is 12.0. The normalized spacial score (nSPS) is 18.1. The van der Waals surface area contributed by atoms with Gasteiger partial charge in [0, 0.05) is 13.1 Å². The summed E-state index contributed by atoms with van der Waals surface area (Å²) in [7, 11) is 1.38. The summed E-state index contributed by atoms with van der Waals surface area (Å²) in [6.45, 7) is 1.33. The molecule has 1 saturated heterocycles. The highest BCUT2D eigenvalue weighted by atomic mass is 35.5. The number of rotatable bonds is 2. The van der Waals surface area contributed by atoms with Crippen LogP contribution in [0.25, 0.3) is 0 Å². The largest absolute Gasteiger partial charge is 0.453 e. The summed E-state index contributed by atoms with van der Waals surface area (Å²) >= 11 is 5.19. The van der Waals surface area contributed by atoms with Crippen molar-refractivity contribution >= 4 is 22.9 Å². The summed E-state index contributed by atoms with van der Waals surface area (Å²) in [4.78, 5) is 23.3. The van der Waals surface area contributed by atoms with Crippen LogP contribution in [0.5, 0.6) is 0 Å². The van der Waals surface area contributed by atoms with Gasteiger partial charge in [0.15, 0.2) is 0 Å². The summed E-state index contributed by atoms with van der Waals surface area (Å²) in [6.07, 6.45) is 4.58. The highest BCUT2D eigenvalue weighted by molar-refractivity contribution is 6.66. The van der Waals surface area contributed by atoms with Crippen LogP contribution in [0.4, 0.5) is 4.79 Å². The van der Waals surface area contributed by atoms with E-state index < -0.39 is 5.24 Å². The molecule has 0 radical (unpaired) electrons. The maximum Gasteiger partial charge on any atom is 0.409 e. The summed E-state index contributed by atoms with van der Waals surface area (Å²) in [6, 6.07) is 0. The van der Waals surface area contributed by atoms with Crippen LogP contribution in [-0.2, 0) is 9.53 Å². The summed E-state index contributed by atoms with van der Waals surface area (Å²) < 4.78 is 4.62. The van der Waals surface area contributed by atoms with Gasteiger partial charge >= 0.3 is 6.09 Å². The van der Waals surface area contributed by atoms with Crippen LogP contribution < -0.4 is 0 Å². The average molecular weight is 232 g/mol. The van der Waals surface area contributed by atoms with Gasteiger partial charge in [0.2, 0.25) is 5.24 Å². The number of halogens is 1. The van der Waals surface area contributed by atoms with E-state index in [1.54, 1.807) is 4.90 Å². The lowest BCUT2D eigenvalue weighted by Crippen LogP contribution is -2.37. The van der Waals surface area contributed by atoms with Gasteiger partial charge in [-0.2, -0.15) is 0 Å². The lowest BCUT2D eigenvalue weighted by Gasteiger charge is -2.29. The Morgan fingerprint density at radius 1 is 1.40 bits per heavy atom. The minimum absolute atomic E-state index is 0.286. The highest BCUT2D eigenvalue weighted by Crippen LogP contribution is 2.18. The number of methoxy groups -OCH3 is 1. The van der Waals surface area contributed by atoms with Crippen LogP contribution in [0.2, 0.25) is 0 Å². The molecule has 0 aliphatic carbocycles. The molecule has 1 heterocycles. The number of hydrogen-bond acceptors (Lipinski definition) is 3. The molecule has 0 N–H and O–H groups in total. The monoisotopic (exact) mass is 231 g/mol. The van der Waals surface area contributed by atoms with Crippen molar-refractivity contribution < 1.29 is 14.3 Å². The van der Waals surface area contributed by atoms with Gasteiger partial charge < -0.3 is 9.64 Å². The molecule has 84 valence electrons. The van der Waals surface area contributed by atoms with E-state index in [1.165, 1.54) is 13.2 Å². The molecule has 1 rings (SSSR count). The molecule has 1 aliphatic rings. The van der Waals surface area contributed by atoms with Gasteiger partial charge in [-0.05, 0) is 36.4 Å². The van der Waals surface area contributed by atoms with Gasteiger partial charge in [-0.1, -0.05) is 6.08 Å². The number of nitrogens with zero attached hydrogens (tertiary/aromatic N) is 1. The molecule has 0 unspecified atom stereocenters. The van der Waals surface area contributed by atoms with Crippen LogP contribution in [0.15, 0.2) is 12.2 Å². The van der Waals surface area contributed by atoms with Gasteiger partial charge in [-0.3, -0.25) is 4.79 Å². The summed E-state index contributed by atoms with van der Waals surface area (Å²) in [5.74, 6) is 0.327. The molecule has 1 fully saturated rings. The SMILES string of the molecule is COC(=O)N1CCC(/C=C/C(=O)Cl)CC1. The van der Waals surface area contributed by atoms with Crippen molar-refractivity contribution in [3.8, 4) is 0 Å². The number of amides is 1. The second kappa shape index (κ2) is 5.75. The Bertz CT molecular complexity index is 270. The Labute approximate surface area is 93.8 Å². The third-order valence-electron chi connectivity index (χ3n) is 2.47. The predicted octanol–water partition coefficient (Wildman–Crippen LogP) is 1.79. The van der Waals surface area contributed by atoms with Crippen LogP contribution in [0.1, 0.15) is 12.8 Å². The number of hydrogen-bond donors (Lipinski definition) is 0. The quantitative estimate of drug-likeness (QED) is 0.538. The predicted molar refractivity (Wildman–Crippen MR) is 56.7 cm³/mol. The Morgan fingerprint density at radius 3 is 2.47 bits per heavy atom. The maximum atomic E-state index is 11.2. The van der Waals surface area contributed by atoms with Crippen molar-refractivity contribution in [2.45, 2.75) is 12.8 Å². The molecule has 0 bridgehead atoms. The Balaban J connectivity index is 2.36. The zero-order valence-electron chi connectivity index (χ0n) is 8.61. The number of piperidine rings is 1. The Morgan fingerprint density at radius 2 is 2.00 bits per heavy atom. The molecule has 0 aromatic heterocycles. The van der Waals surface area contributed by atoms with Crippen molar-refractivity contribution in [2.24, 2.45) is 5.92 Å². The van der Waals surface area contributed by atoms with E-state index in [9.17, 15) is 9.59 Å². The first-order valence-electron chi connectivity index (χ1n) is 4.84. The number of likely N-dealkylation sites (tertiary alicyclic amines) is 1. The zero-order chi connectivity index (χ0) is 11.3. The summed E-state index contributed by atoms with van der Waals surface area (Å²) in [5, 5.41) is -0.453. The summed E-state index contributed by atoms with van der Waals surface area (Å²) in [5.41, 5.74) is 0. The molecule has 5 heteroatoms. The first-order chi connectivity index (χ1) is 7.13. The lowest BCUT2D eigenvalue weighted by molar-refractivity contribution is -0.107. The van der Waals surface area contributed by atoms with Crippen LogP contribution in [0, 0.1) is 5.92 Å². The standard InChI is InChI=1S/C10H14ClNO3/c1-15-10(14)12-6-4-8(5-7-12)2-3-9(11)13/h2-3,8H,4-7H2,1H3/b3-2+. The van der Waals surface area contributed by atoms with Gasteiger partial charge in [0.1, 0.15) is 0 Å². The number of ether oxygens (including phenoxy) is 1. The third-order valence-corrected chi connectivity index (χ3v) is 2.60. The van der Waals surface area contributed by atoms with E-state index in [4.69, 9.17) is 11.6 Å². The minimum Gasteiger partial charge on any atom is -0.453 e. The van der Waals surface area contributed by atoms with E-state index in [-0.39, 0.29) is 6.09 Å². The number of carbonyl (C=O) groups is 2. The van der Waals surface area contributed by atoms with Crippen molar-refractivity contribution in [1.29, 1.82) is 0 Å². The van der Waals surface area contributed by atoms with Crippen LogP contribution >= 0.6 is 11.6 Å². The van der Waals surface area contributed by atoms with Crippen LogP contribution in [-0.4, -0.2) is 36.4 Å². The Hall–Kier alpha value is -1.03. The molecule has 0 atom stereocenters. The van der Waals surface area contributed by atoms with E-state index in [2.05, 4.69) is 4.74 Å². The Kier molecular flexibility index (Phi) is 4.62. The van der Waals surface area contributed by atoms with Gasteiger partial charge in [0.05, 0.1) is 7.11 Å². The van der Waals surface area contributed by atoms with Crippen molar-refractivity contribution in [1.82, 2.24) is 4.90 Å². The average Bonchev–Trinajstić information content (AvgIpc) is 2.26. The van der Waals surface area contributed by atoms with Crippen molar-refractivity contribution in [2.75, 3.05) is 20.2 Å². The minimum atomic E-state index is -0.453. The number of allylic oxidation sites excluding steroid dienone is 2. The maximum absolute atomic E-state index is 11.2. The molecular formula is C10H14ClNO3. The van der Waals surface area contributed by atoms with Crippen molar-refractivity contribution in [3.63, 3.8) is 0 Å². The van der Waals surface area contributed by atoms with Gasteiger partial charge in [-0.15, -0.1) is 0 Å². The van der Waals surface area contributed by atoms with Gasteiger partial charge in [0.25, 0.3) is 0 Å². The molecule has 0 spiro atoms.